The van der Waals surface area contributed by atoms with E-state index in [2.05, 4.69) is 10.1 Å². The molecule has 0 spiro atoms. The summed E-state index contributed by atoms with van der Waals surface area (Å²) >= 11 is 0. The highest BCUT2D eigenvalue weighted by atomic mass is 32.2. The Morgan fingerprint density at radius 2 is 2.21 bits per heavy atom. The fourth-order valence-electron chi connectivity index (χ4n) is 1.52. The molecule has 0 aromatic carbocycles. The number of carbonyl (C=O) groups is 1. The zero-order chi connectivity index (χ0) is 10.8. The minimum atomic E-state index is -2.89. The molecule has 5 nitrogen and oxygen atoms in total. The van der Waals surface area contributed by atoms with Crippen LogP contribution in [0.25, 0.3) is 0 Å². The van der Waals surface area contributed by atoms with Crippen LogP contribution in [0.15, 0.2) is 0 Å². The number of esters is 1. The fourth-order valence-corrected chi connectivity index (χ4v) is 3.21. The van der Waals surface area contributed by atoms with E-state index in [1.807, 2.05) is 0 Å². The van der Waals surface area contributed by atoms with Crippen molar-refractivity contribution >= 4 is 15.8 Å². The minimum absolute atomic E-state index is 0.117. The van der Waals surface area contributed by atoms with Crippen molar-refractivity contribution < 1.29 is 17.9 Å². The number of ether oxygens (including phenoxy) is 1. The fraction of sp³-hybridized carbons (Fsp3) is 0.875. The lowest BCUT2D eigenvalue weighted by molar-refractivity contribution is -0.142. The van der Waals surface area contributed by atoms with E-state index >= 15 is 0 Å². The lowest BCUT2D eigenvalue weighted by Gasteiger charge is -2.15. The van der Waals surface area contributed by atoms with Gasteiger partial charge < -0.3 is 10.1 Å². The molecule has 6 heteroatoms. The van der Waals surface area contributed by atoms with Gasteiger partial charge in [-0.2, -0.15) is 0 Å². The van der Waals surface area contributed by atoms with E-state index in [9.17, 15) is 13.2 Å². The van der Waals surface area contributed by atoms with Crippen LogP contribution in [0.5, 0.6) is 0 Å². The molecule has 1 fully saturated rings. The zero-order valence-electron chi connectivity index (χ0n) is 8.32. The predicted octanol–water partition coefficient (Wildman–Crippen LogP) is -0.675. The summed E-state index contributed by atoms with van der Waals surface area (Å²) in [6, 6.07) is -0.563. The second-order valence-corrected chi connectivity index (χ2v) is 5.74. The molecule has 82 valence electrons. The van der Waals surface area contributed by atoms with Crippen molar-refractivity contribution in [3.8, 4) is 0 Å². The summed E-state index contributed by atoms with van der Waals surface area (Å²) in [5, 5.41) is 2.93. The van der Waals surface area contributed by atoms with E-state index in [1.54, 1.807) is 6.92 Å². The van der Waals surface area contributed by atoms with Crippen LogP contribution in [0.2, 0.25) is 0 Å². The standard InChI is InChI=1S/C8H15NO4S/c1-6(8(10)13-2)9-7-3-4-14(11,12)5-7/h6-7,9H,3-5H2,1-2H3/t6-,7-/m0/s1. The Hall–Kier alpha value is -0.620. The molecule has 1 aliphatic heterocycles. The topological polar surface area (TPSA) is 72.5 Å². The van der Waals surface area contributed by atoms with Gasteiger partial charge in [0.1, 0.15) is 6.04 Å². The highest BCUT2D eigenvalue weighted by Crippen LogP contribution is 2.11. The molecule has 1 rings (SSSR count). The van der Waals surface area contributed by atoms with Crippen molar-refractivity contribution in [2.24, 2.45) is 0 Å². The zero-order valence-corrected chi connectivity index (χ0v) is 9.13. The number of rotatable bonds is 3. The first-order valence-corrected chi connectivity index (χ1v) is 6.31. The number of hydrogen-bond donors (Lipinski definition) is 1. The Balaban J connectivity index is 2.43. The maximum atomic E-state index is 11.1. The van der Waals surface area contributed by atoms with Gasteiger partial charge >= 0.3 is 5.97 Å². The second kappa shape index (κ2) is 4.27. The smallest absolute Gasteiger partial charge is 0.322 e. The normalized spacial score (nSPS) is 27.1. The number of carbonyl (C=O) groups excluding carboxylic acids is 1. The highest BCUT2D eigenvalue weighted by molar-refractivity contribution is 7.91. The number of hydrogen-bond acceptors (Lipinski definition) is 5. The van der Waals surface area contributed by atoms with E-state index in [1.165, 1.54) is 7.11 Å². The Kier molecular flexibility index (Phi) is 3.49. The molecule has 1 saturated heterocycles. The minimum Gasteiger partial charge on any atom is -0.468 e. The second-order valence-electron chi connectivity index (χ2n) is 3.51. The SMILES string of the molecule is COC(=O)[C@H](C)N[C@H]1CCS(=O)(=O)C1. The van der Waals surface area contributed by atoms with Gasteiger partial charge in [0.15, 0.2) is 9.84 Å². The number of sulfone groups is 1. The van der Waals surface area contributed by atoms with Gasteiger partial charge in [0.2, 0.25) is 0 Å². The average molecular weight is 221 g/mol. The van der Waals surface area contributed by atoms with Crippen molar-refractivity contribution in [1.82, 2.24) is 5.32 Å². The van der Waals surface area contributed by atoms with Crippen LogP contribution < -0.4 is 5.32 Å². The average Bonchev–Trinajstić information content (AvgIpc) is 2.44. The van der Waals surface area contributed by atoms with Crippen molar-refractivity contribution in [3.63, 3.8) is 0 Å². The summed E-state index contributed by atoms with van der Waals surface area (Å²) in [7, 11) is -1.58. The predicted molar refractivity (Wildman–Crippen MR) is 51.7 cm³/mol. The molecule has 0 bridgehead atoms. The molecular formula is C8H15NO4S. The third-order valence-electron chi connectivity index (χ3n) is 2.27. The van der Waals surface area contributed by atoms with E-state index < -0.39 is 15.9 Å². The number of nitrogens with one attached hydrogen (secondary N) is 1. The first kappa shape index (κ1) is 11.5. The third-order valence-corrected chi connectivity index (χ3v) is 4.04. The van der Waals surface area contributed by atoms with Crippen LogP contribution in [-0.4, -0.2) is 45.1 Å². The summed E-state index contributed by atoms with van der Waals surface area (Å²) in [4.78, 5) is 11.0. The molecule has 1 N–H and O–H groups in total. The molecule has 2 atom stereocenters. The molecule has 0 saturated carbocycles. The Bertz CT molecular complexity index is 311. The van der Waals surface area contributed by atoms with Gasteiger partial charge in [-0.1, -0.05) is 0 Å². The molecule has 1 aliphatic rings. The van der Waals surface area contributed by atoms with Crippen molar-refractivity contribution in [2.45, 2.75) is 25.4 Å². The Morgan fingerprint density at radius 1 is 1.57 bits per heavy atom. The number of methoxy groups -OCH3 is 1. The van der Waals surface area contributed by atoms with Crippen LogP contribution in [0.1, 0.15) is 13.3 Å². The first-order valence-electron chi connectivity index (χ1n) is 4.49. The molecule has 0 radical (unpaired) electrons. The van der Waals surface area contributed by atoms with E-state index in [-0.39, 0.29) is 23.5 Å². The van der Waals surface area contributed by atoms with Crippen molar-refractivity contribution in [1.29, 1.82) is 0 Å². The molecule has 14 heavy (non-hydrogen) atoms. The monoisotopic (exact) mass is 221 g/mol. The van der Waals surface area contributed by atoms with E-state index in [4.69, 9.17) is 0 Å². The highest BCUT2D eigenvalue weighted by Gasteiger charge is 2.29. The van der Waals surface area contributed by atoms with Gasteiger partial charge in [-0.05, 0) is 13.3 Å². The quantitative estimate of drug-likeness (QED) is 0.640. The van der Waals surface area contributed by atoms with Gasteiger partial charge in [-0.3, -0.25) is 4.79 Å². The largest absolute Gasteiger partial charge is 0.468 e. The van der Waals surface area contributed by atoms with Crippen LogP contribution in [0.3, 0.4) is 0 Å². The lowest BCUT2D eigenvalue weighted by Crippen LogP contribution is -2.42. The van der Waals surface area contributed by atoms with E-state index in [0.29, 0.717) is 6.42 Å². The van der Waals surface area contributed by atoms with Gasteiger partial charge in [0.25, 0.3) is 0 Å². The third kappa shape index (κ3) is 2.95. The van der Waals surface area contributed by atoms with E-state index in [0.717, 1.165) is 0 Å². The summed E-state index contributed by atoms with van der Waals surface area (Å²) < 4.78 is 26.7. The summed E-state index contributed by atoms with van der Waals surface area (Å²) in [5.41, 5.74) is 0. The van der Waals surface area contributed by atoms with Gasteiger partial charge in [-0.15, -0.1) is 0 Å². The van der Waals surface area contributed by atoms with Crippen molar-refractivity contribution in [3.05, 3.63) is 0 Å². The molecule has 1 heterocycles. The molecule has 0 unspecified atom stereocenters. The maximum Gasteiger partial charge on any atom is 0.322 e. The molecule has 0 aliphatic carbocycles. The van der Waals surface area contributed by atoms with Gasteiger partial charge in [-0.25, -0.2) is 8.42 Å². The Labute approximate surface area is 83.7 Å². The van der Waals surface area contributed by atoms with Crippen LogP contribution in [-0.2, 0) is 19.4 Å². The lowest BCUT2D eigenvalue weighted by atomic mass is 10.2. The molecular weight excluding hydrogens is 206 g/mol. The van der Waals surface area contributed by atoms with Crippen LogP contribution in [0.4, 0.5) is 0 Å². The molecule has 0 aromatic rings. The van der Waals surface area contributed by atoms with Gasteiger partial charge in [0.05, 0.1) is 18.6 Å². The van der Waals surface area contributed by atoms with Crippen LogP contribution >= 0.6 is 0 Å². The summed E-state index contributed by atoms with van der Waals surface area (Å²) in [6.07, 6.45) is 0.573. The van der Waals surface area contributed by atoms with Gasteiger partial charge in [0, 0.05) is 6.04 Å². The van der Waals surface area contributed by atoms with Crippen LogP contribution in [0, 0.1) is 0 Å². The Morgan fingerprint density at radius 3 is 2.64 bits per heavy atom. The summed E-state index contributed by atoms with van der Waals surface area (Å²) in [5.74, 6) is -0.0401. The summed E-state index contributed by atoms with van der Waals surface area (Å²) in [6.45, 7) is 1.66. The first-order chi connectivity index (χ1) is 6.44. The van der Waals surface area contributed by atoms with Crippen molar-refractivity contribution in [2.75, 3.05) is 18.6 Å². The maximum absolute atomic E-state index is 11.1. The molecule has 0 amide bonds. The molecule has 0 aromatic heterocycles.